The van der Waals surface area contributed by atoms with Crippen LogP contribution in [0.3, 0.4) is 0 Å². The number of carbonyl (C=O) groups is 2. The minimum absolute atomic E-state index is 0. The molecule has 3 atom stereocenters. The highest BCUT2D eigenvalue weighted by atomic mass is 31.2. The maximum absolute atomic E-state index is 12.6. The summed E-state index contributed by atoms with van der Waals surface area (Å²) in [6.45, 7) is 4.94. The molecule has 0 bridgehead atoms. The second-order valence-electron chi connectivity index (χ2n) is 7.44. The number of carbonyl (C=O) groups excluding carboxylic acids is 2. The summed E-state index contributed by atoms with van der Waals surface area (Å²) in [5, 5.41) is 14.9. The van der Waals surface area contributed by atoms with Crippen LogP contribution < -0.4 is 16.4 Å². The smallest absolute Gasteiger partial charge is 0.239 e. The quantitative estimate of drug-likeness (QED) is 0.371. The van der Waals surface area contributed by atoms with Crippen LogP contribution in [0.5, 0.6) is 0 Å². The Balaban J connectivity index is 0.00000676. The number of hydrogen-bond donors (Lipinski definition) is 4. The van der Waals surface area contributed by atoms with Crippen LogP contribution in [0.1, 0.15) is 46.0 Å². The summed E-state index contributed by atoms with van der Waals surface area (Å²) in [5.41, 5.74) is 5.75. The van der Waals surface area contributed by atoms with Crippen molar-refractivity contribution in [2.75, 3.05) is 26.4 Å². The average Bonchev–Trinajstić information content (AvgIpc) is 2.62. The van der Waals surface area contributed by atoms with Crippen molar-refractivity contribution in [1.29, 1.82) is 0 Å². The first-order valence-corrected chi connectivity index (χ1v) is 11.5. The van der Waals surface area contributed by atoms with Gasteiger partial charge in [0.1, 0.15) is 0 Å². The molecule has 1 unspecified atom stereocenters. The van der Waals surface area contributed by atoms with Crippen LogP contribution in [-0.4, -0.2) is 66.6 Å². The maximum atomic E-state index is 12.6. The molecule has 7 N–H and O–H groups in total. The van der Waals surface area contributed by atoms with Gasteiger partial charge in [-0.3, -0.25) is 14.2 Å². The van der Waals surface area contributed by atoms with Gasteiger partial charge in [-0.25, -0.2) is 0 Å². The molecule has 0 aromatic rings. The lowest BCUT2D eigenvalue weighted by Crippen LogP contribution is -2.48. The third-order valence-corrected chi connectivity index (χ3v) is 7.24. The molecular formula is C17H36N3O6P. The van der Waals surface area contributed by atoms with Gasteiger partial charge in [0.05, 0.1) is 25.3 Å². The highest BCUT2D eigenvalue weighted by molar-refractivity contribution is 7.58. The predicted molar refractivity (Wildman–Crippen MR) is 105 cm³/mol. The first kappa shape index (κ1) is 26.0. The molecule has 0 radical (unpaired) electrons. The van der Waals surface area contributed by atoms with Gasteiger partial charge in [-0.05, 0) is 18.8 Å². The van der Waals surface area contributed by atoms with Crippen molar-refractivity contribution in [3.8, 4) is 0 Å². The lowest BCUT2D eigenvalue weighted by Gasteiger charge is -2.28. The number of rotatable bonds is 10. The van der Waals surface area contributed by atoms with E-state index in [1.54, 1.807) is 6.66 Å². The molecule has 1 saturated carbocycles. The Morgan fingerprint density at radius 2 is 1.81 bits per heavy atom. The molecule has 9 nitrogen and oxygen atoms in total. The first-order valence-electron chi connectivity index (χ1n) is 9.33. The van der Waals surface area contributed by atoms with Crippen LogP contribution >= 0.6 is 7.37 Å². The fourth-order valence-corrected chi connectivity index (χ4v) is 4.81. The summed E-state index contributed by atoms with van der Waals surface area (Å²) in [5.74, 6) is -0.843. The van der Waals surface area contributed by atoms with Gasteiger partial charge in [0, 0.05) is 18.9 Å². The monoisotopic (exact) mass is 409 g/mol. The van der Waals surface area contributed by atoms with E-state index in [4.69, 9.17) is 10.3 Å². The summed E-state index contributed by atoms with van der Waals surface area (Å²) >= 11 is 0. The van der Waals surface area contributed by atoms with Crippen molar-refractivity contribution in [1.82, 2.24) is 10.6 Å². The maximum Gasteiger partial charge on any atom is 0.239 e. The Kier molecular flexibility index (Phi) is 12.0. The fraction of sp³-hybridized carbons (Fsp3) is 0.882. The molecule has 10 heteroatoms. The normalized spacial score (nSPS) is 19.5. The zero-order chi connectivity index (χ0) is 19.7. The molecule has 0 spiro atoms. The molecule has 0 aliphatic heterocycles. The fourth-order valence-electron chi connectivity index (χ4n) is 2.83. The first-order chi connectivity index (χ1) is 12.1. The Hall–Kier alpha value is -0.990. The van der Waals surface area contributed by atoms with E-state index >= 15 is 0 Å². The summed E-state index contributed by atoms with van der Waals surface area (Å²) in [6.07, 6.45) is 4.15. The van der Waals surface area contributed by atoms with Gasteiger partial charge >= 0.3 is 0 Å². The number of hydrogen-bond acceptors (Lipinski definition) is 6. The van der Waals surface area contributed by atoms with Gasteiger partial charge in [-0.2, -0.15) is 0 Å². The van der Waals surface area contributed by atoms with Gasteiger partial charge in [-0.1, -0.05) is 33.1 Å². The molecule has 0 saturated heterocycles. The second kappa shape index (κ2) is 12.5. The van der Waals surface area contributed by atoms with Gasteiger partial charge < -0.3 is 31.5 Å². The molecule has 160 valence electrons. The zero-order valence-electron chi connectivity index (χ0n) is 16.6. The topological polar surface area (TPSA) is 162 Å². The van der Waals surface area contributed by atoms with Crippen molar-refractivity contribution in [3.05, 3.63) is 0 Å². The van der Waals surface area contributed by atoms with Crippen LogP contribution in [0.15, 0.2) is 0 Å². The van der Waals surface area contributed by atoms with E-state index < -0.39 is 31.3 Å². The van der Waals surface area contributed by atoms with Crippen LogP contribution in [0.25, 0.3) is 0 Å². The van der Waals surface area contributed by atoms with Gasteiger partial charge in [-0.15, -0.1) is 0 Å². The third kappa shape index (κ3) is 9.67. The molecular weight excluding hydrogens is 373 g/mol. The Labute approximate surface area is 161 Å². The predicted octanol–water partition coefficient (Wildman–Crippen LogP) is -0.00450. The SMILES string of the molecule is CC(C)[C@H](N)C(=O)NCC(=O)NC[C@@H](O)COP(C)(=O)C1CCCCC1.O. The summed E-state index contributed by atoms with van der Waals surface area (Å²) in [4.78, 5) is 23.4. The number of amides is 2. The van der Waals surface area contributed by atoms with Crippen LogP contribution in [0.4, 0.5) is 0 Å². The Morgan fingerprint density at radius 3 is 2.37 bits per heavy atom. The van der Waals surface area contributed by atoms with Gasteiger partial charge in [0.15, 0.2) is 0 Å². The van der Waals surface area contributed by atoms with E-state index in [1.165, 1.54) is 6.42 Å². The molecule has 2 amide bonds. The summed E-state index contributed by atoms with van der Waals surface area (Å²) < 4.78 is 18.1. The van der Waals surface area contributed by atoms with Crippen molar-refractivity contribution >= 4 is 19.2 Å². The van der Waals surface area contributed by atoms with Crippen molar-refractivity contribution in [2.45, 2.75) is 63.8 Å². The minimum atomic E-state index is -2.76. The summed E-state index contributed by atoms with van der Waals surface area (Å²) in [6, 6.07) is -0.666. The second-order valence-corrected chi connectivity index (χ2v) is 10.2. The minimum Gasteiger partial charge on any atom is -0.412 e. The van der Waals surface area contributed by atoms with Crippen molar-refractivity contribution < 1.29 is 29.3 Å². The highest BCUT2D eigenvalue weighted by Crippen LogP contribution is 2.53. The van der Waals surface area contributed by atoms with E-state index in [2.05, 4.69) is 10.6 Å². The molecule has 1 fully saturated rings. The number of nitrogens with one attached hydrogen (secondary N) is 2. The van der Waals surface area contributed by atoms with Crippen LogP contribution in [-0.2, 0) is 18.7 Å². The third-order valence-electron chi connectivity index (χ3n) is 4.74. The Morgan fingerprint density at radius 1 is 1.22 bits per heavy atom. The van der Waals surface area contributed by atoms with Gasteiger partial charge in [0.2, 0.25) is 19.2 Å². The molecule has 1 rings (SSSR count). The number of nitrogens with two attached hydrogens (primary N) is 1. The largest absolute Gasteiger partial charge is 0.412 e. The Bertz CT molecular complexity index is 511. The molecule has 27 heavy (non-hydrogen) atoms. The molecule has 1 aliphatic carbocycles. The lowest BCUT2D eigenvalue weighted by atomic mass is 10.0. The average molecular weight is 409 g/mol. The van der Waals surface area contributed by atoms with E-state index in [0.29, 0.717) is 0 Å². The van der Waals surface area contributed by atoms with E-state index in [-0.39, 0.29) is 36.7 Å². The molecule has 0 heterocycles. The zero-order valence-corrected chi connectivity index (χ0v) is 17.5. The van der Waals surface area contributed by atoms with Crippen molar-refractivity contribution in [3.63, 3.8) is 0 Å². The van der Waals surface area contributed by atoms with Gasteiger partial charge in [0.25, 0.3) is 0 Å². The molecule has 0 aromatic heterocycles. The van der Waals surface area contributed by atoms with E-state index in [0.717, 1.165) is 25.7 Å². The van der Waals surface area contributed by atoms with E-state index in [1.807, 2.05) is 13.8 Å². The van der Waals surface area contributed by atoms with Crippen molar-refractivity contribution in [2.24, 2.45) is 11.7 Å². The van der Waals surface area contributed by atoms with Crippen LogP contribution in [0, 0.1) is 5.92 Å². The van der Waals surface area contributed by atoms with Crippen LogP contribution in [0.2, 0.25) is 0 Å². The highest BCUT2D eigenvalue weighted by Gasteiger charge is 2.31. The molecule has 1 aliphatic rings. The number of aliphatic hydroxyl groups excluding tert-OH is 1. The standard InChI is InChI=1S/C17H34N3O5P.H2O/c1-12(2)16(18)17(23)20-10-15(22)19-9-13(21)11-25-26(3,24)14-7-5-4-6-8-14;/h12-14,16,21H,4-11,18H2,1-3H3,(H,19,22)(H,20,23);1H2/t13-,16+,26?;/m1./s1. The van der Waals surface area contributed by atoms with E-state index in [9.17, 15) is 19.3 Å². The molecule has 0 aromatic carbocycles. The lowest BCUT2D eigenvalue weighted by molar-refractivity contribution is -0.127. The summed E-state index contributed by atoms with van der Waals surface area (Å²) in [7, 11) is -2.76. The number of aliphatic hydroxyl groups is 1.